The van der Waals surface area contributed by atoms with Crippen LogP contribution in [-0.2, 0) is 20.7 Å². The van der Waals surface area contributed by atoms with Crippen LogP contribution in [0.15, 0.2) is 42.5 Å². The van der Waals surface area contributed by atoms with Gasteiger partial charge in [0.25, 0.3) is 5.91 Å². The highest BCUT2D eigenvalue weighted by atomic mass is 35.5. The van der Waals surface area contributed by atoms with E-state index in [9.17, 15) is 9.59 Å². The number of hydrogen-bond donors (Lipinski definition) is 1. The number of carbonyl (C=O) groups is 2. The zero-order chi connectivity index (χ0) is 20.5. The number of nitriles is 1. The summed E-state index contributed by atoms with van der Waals surface area (Å²) in [5.41, 5.74) is 1.64. The molecule has 2 rings (SSSR count). The van der Waals surface area contributed by atoms with Gasteiger partial charge in [0, 0.05) is 12.1 Å². The summed E-state index contributed by atoms with van der Waals surface area (Å²) in [6.45, 7) is 3.93. The minimum absolute atomic E-state index is 0.129. The first-order valence-corrected chi connectivity index (χ1v) is 9.23. The van der Waals surface area contributed by atoms with E-state index in [2.05, 4.69) is 5.32 Å². The van der Waals surface area contributed by atoms with Crippen molar-refractivity contribution in [3.8, 4) is 11.8 Å². The molecule has 146 valence electrons. The van der Waals surface area contributed by atoms with Gasteiger partial charge in [0.15, 0.2) is 6.10 Å². The Labute approximate surface area is 169 Å². The smallest absolute Gasteiger partial charge is 0.306 e. The maximum atomic E-state index is 12.2. The zero-order valence-corrected chi connectivity index (χ0v) is 16.5. The first-order valence-electron chi connectivity index (χ1n) is 8.85. The number of aryl methyl sites for hydroxylation is 1. The summed E-state index contributed by atoms with van der Waals surface area (Å²) in [5.74, 6) is -0.225. The Balaban J connectivity index is 1.87. The van der Waals surface area contributed by atoms with Crippen LogP contribution < -0.4 is 10.1 Å². The lowest BCUT2D eigenvalue weighted by Gasteiger charge is -2.14. The van der Waals surface area contributed by atoms with E-state index >= 15 is 0 Å². The molecule has 0 saturated heterocycles. The molecule has 0 spiro atoms. The summed E-state index contributed by atoms with van der Waals surface area (Å²) in [6.07, 6.45) is -0.386. The second kappa shape index (κ2) is 10.3. The van der Waals surface area contributed by atoms with Crippen molar-refractivity contribution in [1.29, 1.82) is 5.26 Å². The summed E-state index contributed by atoms with van der Waals surface area (Å²) >= 11 is 5.94. The molecule has 0 aliphatic rings. The molecule has 0 aliphatic heterocycles. The molecule has 0 bridgehead atoms. The molecular weight excluding hydrogens is 380 g/mol. The number of hydrogen-bond acceptors (Lipinski definition) is 5. The molecule has 1 amide bonds. The van der Waals surface area contributed by atoms with Crippen LogP contribution in [0.4, 0.5) is 5.69 Å². The van der Waals surface area contributed by atoms with Crippen LogP contribution in [0.1, 0.15) is 31.4 Å². The largest absolute Gasteiger partial charge is 0.494 e. The number of halogens is 1. The van der Waals surface area contributed by atoms with Crippen LogP contribution in [0.2, 0.25) is 5.02 Å². The summed E-state index contributed by atoms with van der Waals surface area (Å²) < 4.78 is 10.7. The maximum absolute atomic E-state index is 12.2. The third kappa shape index (κ3) is 6.00. The number of nitrogens with one attached hydrogen (secondary N) is 1. The molecule has 2 aromatic rings. The first kappa shape index (κ1) is 21.3. The Kier molecular flexibility index (Phi) is 7.85. The second-order valence-corrected chi connectivity index (χ2v) is 6.38. The fourth-order valence-corrected chi connectivity index (χ4v) is 2.70. The van der Waals surface area contributed by atoms with Gasteiger partial charge in [-0.05, 0) is 50.1 Å². The van der Waals surface area contributed by atoms with Crippen molar-refractivity contribution < 1.29 is 19.1 Å². The number of nitrogens with zero attached hydrogens (tertiary/aromatic N) is 1. The van der Waals surface area contributed by atoms with E-state index in [1.54, 1.807) is 6.07 Å². The van der Waals surface area contributed by atoms with Gasteiger partial charge in [-0.1, -0.05) is 29.8 Å². The maximum Gasteiger partial charge on any atom is 0.306 e. The van der Waals surface area contributed by atoms with Crippen LogP contribution in [0.25, 0.3) is 0 Å². The monoisotopic (exact) mass is 400 g/mol. The molecule has 1 N–H and O–H groups in total. The number of para-hydroxylation sites is 1. The number of anilines is 1. The van der Waals surface area contributed by atoms with Gasteiger partial charge in [-0.3, -0.25) is 9.59 Å². The number of ether oxygens (including phenoxy) is 2. The van der Waals surface area contributed by atoms with Gasteiger partial charge in [0.2, 0.25) is 0 Å². The Morgan fingerprint density at radius 1 is 1.25 bits per heavy atom. The van der Waals surface area contributed by atoms with E-state index in [0.29, 0.717) is 24.3 Å². The van der Waals surface area contributed by atoms with Crippen LogP contribution in [0.5, 0.6) is 5.75 Å². The normalized spacial score (nSPS) is 11.2. The van der Waals surface area contributed by atoms with E-state index in [0.717, 1.165) is 11.3 Å². The molecule has 1 atom stereocenters. The summed E-state index contributed by atoms with van der Waals surface area (Å²) in [7, 11) is 0. The SMILES string of the molecule is CCOc1ccccc1CCC(=O)O[C@H](C)C(=O)Nc1ccc(C#N)c(Cl)c1. The average molecular weight is 401 g/mol. The number of esters is 1. The number of rotatable bonds is 8. The van der Waals surface area contributed by atoms with Crippen molar-refractivity contribution in [2.24, 2.45) is 0 Å². The molecule has 0 fully saturated rings. The minimum atomic E-state index is -0.968. The fraction of sp³-hybridized carbons (Fsp3) is 0.286. The summed E-state index contributed by atoms with van der Waals surface area (Å²) in [5, 5.41) is 11.7. The van der Waals surface area contributed by atoms with E-state index in [1.165, 1.54) is 19.1 Å². The lowest BCUT2D eigenvalue weighted by molar-refractivity contribution is -0.153. The van der Waals surface area contributed by atoms with Gasteiger partial charge in [-0.2, -0.15) is 5.26 Å². The molecule has 0 radical (unpaired) electrons. The van der Waals surface area contributed by atoms with Crippen LogP contribution in [-0.4, -0.2) is 24.6 Å². The first-order chi connectivity index (χ1) is 13.4. The van der Waals surface area contributed by atoms with Gasteiger partial charge < -0.3 is 14.8 Å². The number of carbonyl (C=O) groups excluding carboxylic acids is 2. The number of benzene rings is 2. The van der Waals surface area contributed by atoms with Crippen LogP contribution >= 0.6 is 11.6 Å². The Bertz CT molecular complexity index is 892. The molecular formula is C21H21ClN2O4. The number of amides is 1. The van der Waals surface area contributed by atoms with Crippen molar-refractivity contribution in [3.05, 3.63) is 58.6 Å². The van der Waals surface area contributed by atoms with E-state index in [1.807, 2.05) is 37.3 Å². The third-order valence-electron chi connectivity index (χ3n) is 3.91. The van der Waals surface area contributed by atoms with Crippen molar-refractivity contribution >= 4 is 29.2 Å². The Hall–Kier alpha value is -3.04. The molecule has 0 aliphatic carbocycles. The van der Waals surface area contributed by atoms with Gasteiger partial charge in [0.05, 0.1) is 17.2 Å². The lowest BCUT2D eigenvalue weighted by Crippen LogP contribution is -2.30. The van der Waals surface area contributed by atoms with E-state index < -0.39 is 18.0 Å². The van der Waals surface area contributed by atoms with Gasteiger partial charge in [0.1, 0.15) is 11.8 Å². The molecule has 28 heavy (non-hydrogen) atoms. The topological polar surface area (TPSA) is 88.4 Å². The highest BCUT2D eigenvalue weighted by Gasteiger charge is 2.18. The molecule has 2 aromatic carbocycles. The van der Waals surface area contributed by atoms with Crippen molar-refractivity contribution in [1.82, 2.24) is 0 Å². The Morgan fingerprint density at radius 2 is 2.00 bits per heavy atom. The second-order valence-electron chi connectivity index (χ2n) is 5.97. The molecule has 0 saturated carbocycles. The lowest BCUT2D eigenvalue weighted by atomic mass is 10.1. The quantitative estimate of drug-likeness (QED) is 0.673. The van der Waals surface area contributed by atoms with Crippen LogP contribution in [0, 0.1) is 11.3 Å². The van der Waals surface area contributed by atoms with E-state index in [-0.39, 0.29) is 11.4 Å². The Morgan fingerprint density at radius 3 is 2.68 bits per heavy atom. The summed E-state index contributed by atoms with van der Waals surface area (Å²) in [4.78, 5) is 24.3. The zero-order valence-electron chi connectivity index (χ0n) is 15.7. The van der Waals surface area contributed by atoms with Gasteiger partial charge >= 0.3 is 5.97 Å². The van der Waals surface area contributed by atoms with Crippen molar-refractivity contribution in [2.45, 2.75) is 32.8 Å². The van der Waals surface area contributed by atoms with Gasteiger partial charge in [-0.25, -0.2) is 0 Å². The molecule has 0 heterocycles. The predicted molar refractivity (Wildman–Crippen MR) is 106 cm³/mol. The minimum Gasteiger partial charge on any atom is -0.494 e. The van der Waals surface area contributed by atoms with Crippen LogP contribution in [0.3, 0.4) is 0 Å². The highest BCUT2D eigenvalue weighted by Crippen LogP contribution is 2.21. The standard InChI is InChI=1S/C21H21ClN2O4/c1-3-27-19-7-5-4-6-15(19)9-11-20(25)28-14(2)21(26)24-17-10-8-16(13-23)18(22)12-17/h4-8,10,12,14H,3,9,11H2,1-2H3,(H,24,26)/t14-/m1/s1. The average Bonchev–Trinajstić information content (AvgIpc) is 2.67. The van der Waals surface area contributed by atoms with E-state index in [4.69, 9.17) is 26.3 Å². The highest BCUT2D eigenvalue weighted by molar-refractivity contribution is 6.32. The molecule has 0 aromatic heterocycles. The van der Waals surface area contributed by atoms with Crippen molar-refractivity contribution in [3.63, 3.8) is 0 Å². The van der Waals surface area contributed by atoms with Gasteiger partial charge in [-0.15, -0.1) is 0 Å². The summed E-state index contributed by atoms with van der Waals surface area (Å²) in [6, 6.07) is 14.0. The fourth-order valence-electron chi connectivity index (χ4n) is 2.48. The third-order valence-corrected chi connectivity index (χ3v) is 4.22. The molecule has 6 nitrogen and oxygen atoms in total. The predicted octanol–water partition coefficient (Wildman–Crippen LogP) is 4.11. The van der Waals surface area contributed by atoms with Crippen molar-refractivity contribution in [2.75, 3.05) is 11.9 Å². The molecule has 7 heteroatoms. The molecule has 0 unspecified atom stereocenters.